The quantitative estimate of drug-likeness (QED) is 0.342. The van der Waals surface area contributed by atoms with Crippen LogP contribution in [0.25, 0.3) is 0 Å². The average molecular weight is 311 g/mol. The maximum atomic E-state index is 11.8. The highest BCUT2D eigenvalue weighted by Gasteiger charge is 2.14. The van der Waals surface area contributed by atoms with Gasteiger partial charge in [0.2, 0.25) is 11.8 Å². The van der Waals surface area contributed by atoms with Gasteiger partial charge in [0, 0.05) is 37.0 Å². The maximum Gasteiger partial charge on any atom is 0.269 e. The number of carbonyl (C=O) groups is 2. The number of benzene rings is 1. The smallest absolute Gasteiger partial charge is 0.269 e. The molecule has 2 amide bonds. The van der Waals surface area contributed by atoms with E-state index in [1.54, 1.807) is 19.1 Å². The fourth-order valence-corrected chi connectivity index (χ4v) is 2.36. The van der Waals surface area contributed by atoms with Gasteiger partial charge in [-0.1, -0.05) is 0 Å². The van der Waals surface area contributed by atoms with E-state index in [-0.39, 0.29) is 22.8 Å². The van der Waals surface area contributed by atoms with E-state index >= 15 is 0 Å². The van der Waals surface area contributed by atoms with Crippen molar-refractivity contribution in [1.82, 2.24) is 10.6 Å². The summed E-state index contributed by atoms with van der Waals surface area (Å²) in [5, 5.41) is 15.5. The molecule has 7 nitrogen and oxygen atoms in total. The van der Waals surface area contributed by atoms with Crippen LogP contribution in [0.3, 0.4) is 0 Å². The fraction of sp³-hybridized carbons (Fsp3) is 0.385. The number of nitro groups is 1. The van der Waals surface area contributed by atoms with Gasteiger partial charge >= 0.3 is 0 Å². The van der Waals surface area contributed by atoms with Crippen LogP contribution in [-0.4, -0.2) is 35.1 Å². The molecule has 1 unspecified atom stereocenters. The third-order valence-corrected chi connectivity index (χ3v) is 3.64. The number of nitrogens with one attached hydrogen (secondary N) is 2. The van der Waals surface area contributed by atoms with Crippen LogP contribution >= 0.6 is 11.8 Å². The molecule has 8 heteroatoms. The van der Waals surface area contributed by atoms with Crippen molar-refractivity contribution in [3.05, 3.63) is 34.4 Å². The predicted octanol–water partition coefficient (Wildman–Crippen LogP) is 1.33. The number of nitrogens with zero attached hydrogens (tertiary/aromatic N) is 1. The van der Waals surface area contributed by atoms with Gasteiger partial charge in [-0.25, -0.2) is 0 Å². The normalized spacial score (nSPS) is 11.5. The summed E-state index contributed by atoms with van der Waals surface area (Å²) >= 11 is 1.31. The van der Waals surface area contributed by atoms with E-state index in [4.69, 9.17) is 0 Å². The summed E-state index contributed by atoms with van der Waals surface area (Å²) in [5.41, 5.74) is 0.0201. The molecule has 0 aromatic heterocycles. The first kappa shape index (κ1) is 17.0. The van der Waals surface area contributed by atoms with Crippen molar-refractivity contribution in [2.24, 2.45) is 0 Å². The predicted molar refractivity (Wildman–Crippen MR) is 80.1 cm³/mol. The minimum atomic E-state index is -0.466. The summed E-state index contributed by atoms with van der Waals surface area (Å²) in [6.07, 6.45) is 0. The lowest BCUT2D eigenvalue weighted by Crippen LogP contribution is -2.37. The summed E-state index contributed by atoms with van der Waals surface area (Å²) in [7, 11) is 0. The van der Waals surface area contributed by atoms with Gasteiger partial charge in [0.05, 0.1) is 10.2 Å². The largest absolute Gasteiger partial charge is 0.355 e. The first-order chi connectivity index (χ1) is 9.90. The summed E-state index contributed by atoms with van der Waals surface area (Å²) in [6, 6.07) is 6.04. The number of amides is 2. The van der Waals surface area contributed by atoms with Crippen LogP contribution in [0.5, 0.6) is 0 Å². The van der Waals surface area contributed by atoms with Crippen molar-refractivity contribution in [3.8, 4) is 0 Å². The van der Waals surface area contributed by atoms with Crippen LogP contribution in [0.2, 0.25) is 0 Å². The number of rotatable bonds is 7. The molecule has 0 bridgehead atoms. The Balaban J connectivity index is 2.41. The zero-order valence-corrected chi connectivity index (χ0v) is 12.6. The molecule has 0 aliphatic rings. The SMILES string of the molecule is CC(=O)NCCNC(=O)C(C)Sc1ccc([N+](=O)[O-])cc1. The van der Waals surface area contributed by atoms with Crippen molar-refractivity contribution in [1.29, 1.82) is 0 Å². The first-order valence-electron chi connectivity index (χ1n) is 6.33. The van der Waals surface area contributed by atoms with Crippen molar-refractivity contribution in [2.45, 2.75) is 24.0 Å². The van der Waals surface area contributed by atoms with Gasteiger partial charge < -0.3 is 10.6 Å². The molecule has 21 heavy (non-hydrogen) atoms. The minimum absolute atomic E-state index is 0.0201. The number of thioether (sulfide) groups is 1. The lowest BCUT2D eigenvalue weighted by molar-refractivity contribution is -0.384. The highest BCUT2D eigenvalue weighted by Crippen LogP contribution is 2.25. The van der Waals surface area contributed by atoms with Gasteiger partial charge in [-0.05, 0) is 19.1 Å². The molecule has 114 valence electrons. The molecule has 1 atom stereocenters. The standard InChI is InChI=1S/C13H17N3O4S/c1-9(13(18)15-8-7-14-10(2)17)21-12-5-3-11(4-6-12)16(19)20/h3-6,9H,7-8H2,1-2H3,(H,14,17)(H,15,18). The van der Waals surface area contributed by atoms with Crippen LogP contribution in [0.15, 0.2) is 29.2 Å². The van der Waals surface area contributed by atoms with E-state index in [9.17, 15) is 19.7 Å². The second-order valence-electron chi connectivity index (χ2n) is 4.29. The highest BCUT2D eigenvalue weighted by atomic mass is 32.2. The fourth-order valence-electron chi connectivity index (χ4n) is 1.47. The summed E-state index contributed by atoms with van der Waals surface area (Å²) in [6.45, 7) is 3.91. The Bertz CT molecular complexity index is 519. The number of non-ortho nitro benzene ring substituents is 1. The van der Waals surface area contributed by atoms with E-state index in [1.165, 1.54) is 30.8 Å². The van der Waals surface area contributed by atoms with Crippen LogP contribution in [-0.2, 0) is 9.59 Å². The molecule has 0 fully saturated rings. The summed E-state index contributed by atoms with van der Waals surface area (Å²) in [4.78, 5) is 33.3. The Morgan fingerprint density at radius 2 is 1.81 bits per heavy atom. The Kier molecular flexibility index (Phi) is 6.67. The number of nitro benzene ring substituents is 1. The second-order valence-corrected chi connectivity index (χ2v) is 5.70. The Morgan fingerprint density at radius 3 is 2.33 bits per heavy atom. The topological polar surface area (TPSA) is 101 Å². The Morgan fingerprint density at radius 1 is 1.24 bits per heavy atom. The van der Waals surface area contributed by atoms with Crippen LogP contribution in [0.4, 0.5) is 5.69 Å². The van der Waals surface area contributed by atoms with Crippen molar-refractivity contribution in [3.63, 3.8) is 0 Å². The molecule has 1 aromatic rings. The van der Waals surface area contributed by atoms with Crippen LogP contribution in [0, 0.1) is 10.1 Å². The third kappa shape index (κ3) is 6.26. The van der Waals surface area contributed by atoms with Crippen LogP contribution < -0.4 is 10.6 Å². The third-order valence-electron chi connectivity index (χ3n) is 2.53. The van der Waals surface area contributed by atoms with Gasteiger partial charge in [0.15, 0.2) is 0 Å². The van der Waals surface area contributed by atoms with E-state index in [0.717, 1.165) is 4.90 Å². The van der Waals surface area contributed by atoms with E-state index in [1.807, 2.05) is 0 Å². The molecule has 1 aromatic carbocycles. The van der Waals surface area contributed by atoms with Gasteiger partial charge in [0.25, 0.3) is 5.69 Å². The van der Waals surface area contributed by atoms with Gasteiger partial charge in [0.1, 0.15) is 0 Å². The molecule has 0 saturated carbocycles. The van der Waals surface area contributed by atoms with Crippen LogP contribution in [0.1, 0.15) is 13.8 Å². The molecule has 0 heterocycles. The number of hydrogen-bond acceptors (Lipinski definition) is 5. The minimum Gasteiger partial charge on any atom is -0.355 e. The number of hydrogen-bond donors (Lipinski definition) is 2. The molecule has 1 rings (SSSR count). The Labute approximate surface area is 126 Å². The second kappa shape index (κ2) is 8.25. The van der Waals surface area contributed by atoms with E-state index < -0.39 is 4.92 Å². The maximum absolute atomic E-state index is 11.8. The lowest BCUT2D eigenvalue weighted by Gasteiger charge is -2.12. The van der Waals surface area contributed by atoms with Gasteiger partial charge in [-0.2, -0.15) is 0 Å². The van der Waals surface area contributed by atoms with Crippen molar-refractivity contribution >= 4 is 29.3 Å². The van der Waals surface area contributed by atoms with Gasteiger partial charge in [-0.3, -0.25) is 19.7 Å². The molecule has 0 spiro atoms. The molecule has 0 aliphatic carbocycles. The average Bonchev–Trinajstić information content (AvgIpc) is 2.43. The Hall–Kier alpha value is -2.09. The molecule has 0 radical (unpaired) electrons. The summed E-state index contributed by atoms with van der Waals surface area (Å²) in [5.74, 6) is -0.291. The molecular formula is C13H17N3O4S. The zero-order valence-electron chi connectivity index (χ0n) is 11.8. The molecular weight excluding hydrogens is 294 g/mol. The molecule has 2 N–H and O–H groups in total. The molecule has 0 aliphatic heterocycles. The van der Waals surface area contributed by atoms with Gasteiger partial charge in [-0.15, -0.1) is 11.8 Å². The summed E-state index contributed by atoms with van der Waals surface area (Å²) < 4.78 is 0. The van der Waals surface area contributed by atoms with Crippen molar-refractivity contribution in [2.75, 3.05) is 13.1 Å². The monoisotopic (exact) mass is 311 g/mol. The highest BCUT2D eigenvalue weighted by molar-refractivity contribution is 8.00. The van der Waals surface area contributed by atoms with Crippen molar-refractivity contribution < 1.29 is 14.5 Å². The zero-order chi connectivity index (χ0) is 15.8. The first-order valence-corrected chi connectivity index (χ1v) is 7.21. The van der Waals surface area contributed by atoms with E-state index in [2.05, 4.69) is 10.6 Å². The lowest BCUT2D eigenvalue weighted by atomic mass is 10.3. The number of carbonyl (C=O) groups excluding carboxylic acids is 2. The molecule has 0 saturated heterocycles. The van der Waals surface area contributed by atoms with E-state index in [0.29, 0.717) is 13.1 Å².